The van der Waals surface area contributed by atoms with Crippen LogP contribution < -0.4 is 26.3 Å². The van der Waals surface area contributed by atoms with E-state index in [1.54, 1.807) is 7.05 Å². The number of hydrogen-bond donors (Lipinski definition) is 3. The quantitative estimate of drug-likeness (QED) is 0.708. The first-order valence-corrected chi connectivity index (χ1v) is 6.56. The Labute approximate surface area is 132 Å². The molecule has 0 unspecified atom stereocenters. The molecule has 9 heteroatoms. The monoisotopic (exact) mass is 322 g/mol. The van der Waals surface area contributed by atoms with Crippen molar-refractivity contribution in [1.82, 2.24) is 15.0 Å². The molecule has 2 rings (SSSR count). The molecule has 0 aliphatic rings. The Morgan fingerprint density at radius 3 is 2.59 bits per heavy atom. The summed E-state index contributed by atoms with van der Waals surface area (Å²) in [5.74, 6) is 1.20. The zero-order chi connectivity index (χ0) is 16.1. The molecule has 2 aromatic rings. The van der Waals surface area contributed by atoms with Crippen LogP contribution in [0.15, 0.2) is 24.8 Å². The van der Waals surface area contributed by atoms with Gasteiger partial charge in [-0.2, -0.15) is 0 Å². The Morgan fingerprint density at radius 1 is 1.27 bits per heavy atom. The number of nitrogens with one attached hydrogen (secondary N) is 1. The molecule has 2 heterocycles. The van der Waals surface area contributed by atoms with Crippen LogP contribution in [-0.4, -0.2) is 29.1 Å². The van der Waals surface area contributed by atoms with Gasteiger partial charge in [0, 0.05) is 13.2 Å². The van der Waals surface area contributed by atoms with Crippen molar-refractivity contribution in [2.24, 2.45) is 5.73 Å². The number of ether oxygens (including phenoxy) is 2. The lowest BCUT2D eigenvalue weighted by atomic mass is 10.3. The Bertz CT molecular complexity index is 690. The lowest BCUT2D eigenvalue weighted by Gasteiger charge is -2.13. The van der Waals surface area contributed by atoms with Crippen molar-refractivity contribution in [2.75, 3.05) is 25.2 Å². The van der Waals surface area contributed by atoms with Crippen molar-refractivity contribution in [2.45, 2.75) is 0 Å². The number of halogens is 1. The maximum atomic E-state index is 6.22. The molecule has 0 aromatic carbocycles. The van der Waals surface area contributed by atoms with Gasteiger partial charge in [0.15, 0.2) is 11.5 Å². The largest absolute Gasteiger partial charge is 0.480 e. The molecule has 116 valence electrons. The Morgan fingerprint density at radius 2 is 2.05 bits per heavy atom. The number of rotatable bonds is 5. The second-order valence-electron chi connectivity index (χ2n) is 4.02. The number of nitrogens with zero attached hydrogens (tertiary/aromatic N) is 3. The third-order valence-corrected chi connectivity index (χ3v) is 3.10. The number of aromatic nitrogens is 3. The topological polar surface area (TPSA) is 121 Å². The molecule has 22 heavy (non-hydrogen) atoms. The summed E-state index contributed by atoms with van der Waals surface area (Å²) >= 11 is 6.22. The molecule has 0 saturated carbocycles. The van der Waals surface area contributed by atoms with Gasteiger partial charge in [-0.25, -0.2) is 15.0 Å². The summed E-state index contributed by atoms with van der Waals surface area (Å²) in [5.41, 5.74) is 12.2. The maximum Gasteiger partial charge on any atom is 0.232 e. The Kier molecular flexibility index (Phi) is 4.84. The predicted molar refractivity (Wildman–Crippen MR) is 84.6 cm³/mol. The van der Waals surface area contributed by atoms with Gasteiger partial charge in [-0.15, -0.1) is 0 Å². The summed E-state index contributed by atoms with van der Waals surface area (Å²) in [6.07, 6.45) is 5.57. The minimum atomic E-state index is 0.266. The molecule has 5 N–H and O–H groups in total. The molecular weight excluding hydrogens is 308 g/mol. The van der Waals surface area contributed by atoms with Gasteiger partial charge < -0.3 is 26.3 Å². The van der Waals surface area contributed by atoms with Crippen LogP contribution in [0.5, 0.6) is 11.6 Å². The van der Waals surface area contributed by atoms with Crippen molar-refractivity contribution in [1.29, 1.82) is 0 Å². The first-order valence-electron chi connectivity index (χ1n) is 6.18. The van der Waals surface area contributed by atoms with Crippen LogP contribution in [0.25, 0.3) is 5.76 Å². The van der Waals surface area contributed by atoms with Crippen molar-refractivity contribution < 1.29 is 9.47 Å². The number of nitrogens with two attached hydrogens (primary N) is 2. The second-order valence-corrected chi connectivity index (χ2v) is 4.40. The van der Waals surface area contributed by atoms with Crippen LogP contribution >= 0.6 is 11.6 Å². The molecular formula is C13H15ClN6O2. The zero-order valence-electron chi connectivity index (χ0n) is 12.0. The molecule has 0 amide bonds. The van der Waals surface area contributed by atoms with Crippen LogP contribution in [0.4, 0.5) is 11.5 Å². The minimum absolute atomic E-state index is 0.266. The van der Waals surface area contributed by atoms with E-state index in [0.29, 0.717) is 17.3 Å². The highest BCUT2D eigenvalue weighted by Gasteiger charge is 2.15. The van der Waals surface area contributed by atoms with Gasteiger partial charge in [0.1, 0.15) is 16.5 Å². The van der Waals surface area contributed by atoms with E-state index in [-0.39, 0.29) is 22.3 Å². The molecule has 0 saturated heterocycles. The van der Waals surface area contributed by atoms with E-state index in [1.165, 1.54) is 31.9 Å². The Balaban J connectivity index is 2.31. The summed E-state index contributed by atoms with van der Waals surface area (Å²) in [4.78, 5) is 12.2. The van der Waals surface area contributed by atoms with Gasteiger partial charge in [-0.05, 0) is 0 Å². The molecule has 0 bridgehead atoms. The van der Waals surface area contributed by atoms with E-state index in [4.69, 9.17) is 32.5 Å². The highest BCUT2D eigenvalue weighted by Crippen LogP contribution is 2.36. The third kappa shape index (κ3) is 3.12. The molecule has 8 nitrogen and oxygen atoms in total. The molecule has 2 aromatic heterocycles. The SMILES string of the molecule is CNc1c(N)ncc(OC(=CN)c2cnc(OC)cn2)c1Cl. The van der Waals surface area contributed by atoms with Gasteiger partial charge in [-0.3, -0.25) is 0 Å². The fourth-order valence-corrected chi connectivity index (χ4v) is 1.91. The van der Waals surface area contributed by atoms with Crippen molar-refractivity contribution >= 4 is 28.9 Å². The summed E-state index contributed by atoms with van der Waals surface area (Å²) < 4.78 is 10.6. The number of methoxy groups -OCH3 is 1. The summed E-state index contributed by atoms with van der Waals surface area (Å²) in [5, 5.41) is 3.14. The van der Waals surface area contributed by atoms with Crippen LogP contribution in [0.3, 0.4) is 0 Å². The zero-order valence-corrected chi connectivity index (χ0v) is 12.8. The number of anilines is 2. The van der Waals surface area contributed by atoms with Crippen LogP contribution in [0.2, 0.25) is 5.02 Å². The lowest BCUT2D eigenvalue weighted by Crippen LogP contribution is -2.05. The minimum Gasteiger partial charge on any atom is -0.480 e. The van der Waals surface area contributed by atoms with Gasteiger partial charge >= 0.3 is 0 Å². The molecule has 0 fully saturated rings. The summed E-state index contributed by atoms with van der Waals surface area (Å²) in [6, 6.07) is 0. The van der Waals surface area contributed by atoms with Gasteiger partial charge in [-0.1, -0.05) is 11.6 Å². The molecule has 0 aliphatic heterocycles. The number of pyridine rings is 1. The van der Waals surface area contributed by atoms with Gasteiger partial charge in [0.05, 0.1) is 31.4 Å². The van der Waals surface area contributed by atoms with E-state index < -0.39 is 0 Å². The van der Waals surface area contributed by atoms with Gasteiger partial charge in [0.25, 0.3) is 0 Å². The first-order chi connectivity index (χ1) is 10.6. The predicted octanol–water partition coefficient (Wildman–Crippen LogP) is 1.49. The van der Waals surface area contributed by atoms with E-state index in [1.807, 2.05) is 0 Å². The second kappa shape index (κ2) is 6.81. The molecule has 0 radical (unpaired) electrons. The highest BCUT2D eigenvalue weighted by atomic mass is 35.5. The van der Waals surface area contributed by atoms with E-state index in [2.05, 4.69) is 20.3 Å². The molecule has 0 spiro atoms. The van der Waals surface area contributed by atoms with Crippen molar-refractivity contribution in [3.05, 3.63) is 35.5 Å². The van der Waals surface area contributed by atoms with E-state index in [9.17, 15) is 0 Å². The van der Waals surface area contributed by atoms with Crippen LogP contribution in [0, 0.1) is 0 Å². The highest BCUT2D eigenvalue weighted by molar-refractivity contribution is 6.35. The Hall–Kier alpha value is -2.74. The number of hydrogen-bond acceptors (Lipinski definition) is 8. The lowest BCUT2D eigenvalue weighted by molar-refractivity contribution is 0.395. The smallest absolute Gasteiger partial charge is 0.232 e. The summed E-state index contributed by atoms with van der Waals surface area (Å²) in [7, 11) is 3.18. The fourth-order valence-electron chi connectivity index (χ4n) is 1.63. The van der Waals surface area contributed by atoms with E-state index in [0.717, 1.165) is 0 Å². The molecule has 0 aliphatic carbocycles. The van der Waals surface area contributed by atoms with Crippen molar-refractivity contribution in [3.63, 3.8) is 0 Å². The summed E-state index contributed by atoms with van der Waals surface area (Å²) in [6.45, 7) is 0. The average Bonchev–Trinajstić information content (AvgIpc) is 2.55. The normalized spacial score (nSPS) is 11.1. The standard InChI is InChI=1S/C13H15ClN6O2/c1-17-12-11(14)9(5-20-13(12)16)22-8(3-15)7-4-19-10(21-2)6-18-7/h3-6,17H,15H2,1-2H3,(H2,16,20). The van der Waals surface area contributed by atoms with E-state index >= 15 is 0 Å². The maximum absolute atomic E-state index is 6.22. The van der Waals surface area contributed by atoms with Gasteiger partial charge in [0.2, 0.25) is 5.88 Å². The van der Waals surface area contributed by atoms with Crippen LogP contribution in [-0.2, 0) is 0 Å². The third-order valence-electron chi connectivity index (χ3n) is 2.72. The fraction of sp³-hybridized carbons (Fsp3) is 0.154. The van der Waals surface area contributed by atoms with Crippen molar-refractivity contribution in [3.8, 4) is 11.6 Å². The van der Waals surface area contributed by atoms with Crippen LogP contribution in [0.1, 0.15) is 5.69 Å². The number of nitrogen functional groups attached to an aromatic ring is 1. The first kappa shape index (κ1) is 15.6. The average molecular weight is 323 g/mol. The molecule has 0 atom stereocenters.